The van der Waals surface area contributed by atoms with E-state index < -0.39 is 18.0 Å². The highest BCUT2D eigenvalue weighted by molar-refractivity contribution is 5.99. The lowest BCUT2D eigenvalue weighted by atomic mass is 10.1. The van der Waals surface area contributed by atoms with E-state index in [1.807, 2.05) is 6.07 Å². The van der Waals surface area contributed by atoms with Gasteiger partial charge in [-0.3, -0.25) is 4.79 Å². The Balaban J connectivity index is 1.60. The van der Waals surface area contributed by atoms with Crippen LogP contribution >= 0.6 is 0 Å². The minimum absolute atomic E-state index is 0.336. The average molecular weight is 394 g/mol. The van der Waals surface area contributed by atoms with E-state index in [0.29, 0.717) is 29.2 Å². The Bertz CT molecular complexity index is 952. The zero-order valence-corrected chi connectivity index (χ0v) is 16.2. The second-order valence-electron chi connectivity index (χ2n) is 6.24. The largest absolute Gasteiger partial charge is 0.497 e. The van der Waals surface area contributed by atoms with Crippen LogP contribution in [0.25, 0.3) is 0 Å². The zero-order chi connectivity index (χ0) is 20.6. The number of furan rings is 1. The number of anilines is 2. The van der Waals surface area contributed by atoms with Crippen LogP contribution in [0, 0.1) is 0 Å². The fourth-order valence-electron chi connectivity index (χ4n) is 2.61. The molecule has 0 bridgehead atoms. The molecule has 0 aliphatic heterocycles. The molecule has 0 spiro atoms. The second kappa shape index (κ2) is 9.45. The molecule has 0 radical (unpaired) electrons. The molecule has 1 amide bonds. The van der Waals surface area contributed by atoms with Gasteiger partial charge in [-0.1, -0.05) is 12.1 Å². The SMILES string of the molecule is COc1ccc(NC(=O)[C@@H](C)OC(=O)c2ccccc2NCc2ccco2)cc1. The average Bonchev–Trinajstić information content (AvgIpc) is 3.26. The molecule has 7 heteroatoms. The van der Waals surface area contributed by atoms with Gasteiger partial charge in [-0.2, -0.15) is 0 Å². The smallest absolute Gasteiger partial charge is 0.341 e. The van der Waals surface area contributed by atoms with Gasteiger partial charge >= 0.3 is 5.97 Å². The first-order chi connectivity index (χ1) is 14.1. The Kier molecular flexibility index (Phi) is 6.52. The molecule has 1 atom stereocenters. The molecule has 0 saturated heterocycles. The first-order valence-corrected chi connectivity index (χ1v) is 9.08. The van der Waals surface area contributed by atoms with Crippen LogP contribution in [0.3, 0.4) is 0 Å². The fourth-order valence-corrected chi connectivity index (χ4v) is 2.61. The second-order valence-corrected chi connectivity index (χ2v) is 6.24. The zero-order valence-electron chi connectivity index (χ0n) is 16.2. The van der Waals surface area contributed by atoms with Crippen molar-refractivity contribution in [3.8, 4) is 5.75 Å². The molecule has 2 N–H and O–H groups in total. The van der Waals surface area contributed by atoms with E-state index in [1.165, 1.54) is 6.92 Å². The van der Waals surface area contributed by atoms with Crippen molar-refractivity contribution in [1.82, 2.24) is 0 Å². The van der Waals surface area contributed by atoms with Crippen LogP contribution in [0.15, 0.2) is 71.3 Å². The summed E-state index contributed by atoms with van der Waals surface area (Å²) in [5.74, 6) is 0.399. The first-order valence-electron chi connectivity index (χ1n) is 9.08. The van der Waals surface area contributed by atoms with Crippen molar-refractivity contribution < 1.29 is 23.5 Å². The van der Waals surface area contributed by atoms with Gasteiger partial charge < -0.3 is 24.5 Å². The van der Waals surface area contributed by atoms with Crippen molar-refractivity contribution in [3.63, 3.8) is 0 Å². The van der Waals surface area contributed by atoms with Crippen LogP contribution in [0.1, 0.15) is 23.0 Å². The molecule has 29 heavy (non-hydrogen) atoms. The van der Waals surface area contributed by atoms with Crippen molar-refractivity contribution in [2.45, 2.75) is 19.6 Å². The maximum Gasteiger partial charge on any atom is 0.341 e. The van der Waals surface area contributed by atoms with Gasteiger partial charge in [0.05, 0.1) is 25.5 Å². The first kappa shape index (κ1) is 20.0. The third-order valence-electron chi connectivity index (χ3n) is 4.19. The van der Waals surface area contributed by atoms with Crippen LogP contribution in [-0.2, 0) is 16.1 Å². The summed E-state index contributed by atoms with van der Waals surface area (Å²) in [5, 5.41) is 5.85. The monoisotopic (exact) mass is 394 g/mol. The molecule has 3 aromatic rings. The molecule has 1 heterocycles. The third-order valence-corrected chi connectivity index (χ3v) is 4.19. The van der Waals surface area contributed by atoms with Crippen LogP contribution in [-0.4, -0.2) is 25.1 Å². The van der Waals surface area contributed by atoms with Crippen molar-refractivity contribution in [2.75, 3.05) is 17.7 Å². The lowest BCUT2D eigenvalue weighted by molar-refractivity contribution is -0.123. The van der Waals surface area contributed by atoms with E-state index in [2.05, 4.69) is 10.6 Å². The Morgan fingerprint density at radius 3 is 2.48 bits per heavy atom. The van der Waals surface area contributed by atoms with Crippen LogP contribution in [0.4, 0.5) is 11.4 Å². The van der Waals surface area contributed by atoms with Gasteiger partial charge in [-0.15, -0.1) is 0 Å². The van der Waals surface area contributed by atoms with Crippen molar-refractivity contribution in [3.05, 3.63) is 78.3 Å². The highest BCUT2D eigenvalue weighted by Crippen LogP contribution is 2.19. The molecule has 0 unspecified atom stereocenters. The molecular weight excluding hydrogens is 372 g/mol. The van der Waals surface area contributed by atoms with Gasteiger partial charge in [0.15, 0.2) is 6.10 Å². The Labute approximate surface area is 168 Å². The van der Waals surface area contributed by atoms with E-state index in [1.54, 1.807) is 68.0 Å². The number of carbonyl (C=O) groups excluding carboxylic acids is 2. The minimum atomic E-state index is -0.970. The number of ether oxygens (including phenoxy) is 2. The number of nitrogens with one attached hydrogen (secondary N) is 2. The van der Waals surface area contributed by atoms with Gasteiger partial charge in [0.2, 0.25) is 0 Å². The van der Waals surface area contributed by atoms with Crippen molar-refractivity contribution >= 4 is 23.3 Å². The molecule has 2 aromatic carbocycles. The maximum atomic E-state index is 12.6. The predicted octanol–water partition coefficient (Wildman–Crippen LogP) is 4.08. The lowest BCUT2D eigenvalue weighted by Crippen LogP contribution is -2.30. The van der Waals surface area contributed by atoms with Gasteiger partial charge in [0, 0.05) is 11.4 Å². The van der Waals surface area contributed by atoms with E-state index in [9.17, 15) is 9.59 Å². The number of esters is 1. The summed E-state index contributed by atoms with van der Waals surface area (Å²) in [6, 6.07) is 17.4. The molecule has 0 aliphatic carbocycles. The number of benzene rings is 2. The van der Waals surface area contributed by atoms with Crippen molar-refractivity contribution in [2.24, 2.45) is 0 Å². The summed E-state index contributed by atoms with van der Waals surface area (Å²) in [5.41, 5.74) is 1.51. The lowest BCUT2D eigenvalue weighted by Gasteiger charge is -2.15. The number of methoxy groups -OCH3 is 1. The van der Waals surface area contributed by atoms with Crippen LogP contribution < -0.4 is 15.4 Å². The number of rotatable bonds is 8. The highest BCUT2D eigenvalue weighted by Gasteiger charge is 2.21. The Morgan fingerprint density at radius 2 is 1.79 bits per heavy atom. The standard InChI is InChI=1S/C22H22N2O5/c1-15(21(25)24-16-9-11-17(27-2)12-10-16)29-22(26)19-7-3-4-8-20(19)23-14-18-6-5-13-28-18/h3-13,15,23H,14H2,1-2H3,(H,24,25)/t15-/m1/s1. The quantitative estimate of drug-likeness (QED) is 0.560. The Hall–Kier alpha value is -3.74. The summed E-state index contributed by atoms with van der Waals surface area (Å²) in [6.07, 6.45) is 0.614. The van der Waals surface area contributed by atoms with Crippen molar-refractivity contribution in [1.29, 1.82) is 0 Å². The van der Waals surface area contributed by atoms with Crippen LogP contribution in [0.5, 0.6) is 5.75 Å². The minimum Gasteiger partial charge on any atom is -0.497 e. The molecule has 0 aliphatic rings. The van der Waals surface area contributed by atoms with Gasteiger partial charge in [0.1, 0.15) is 11.5 Å². The molecular formula is C22H22N2O5. The predicted molar refractivity (Wildman–Crippen MR) is 109 cm³/mol. The highest BCUT2D eigenvalue weighted by atomic mass is 16.5. The molecule has 150 valence electrons. The molecule has 0 saturated carbocycles. The summed E-state index contributed by atoms with van der Waals surface area (Å²) >= 11 is 0. The van der Waals surface area contributed by atoms with E-state index in [4.69, 9.17) is 13.9 Å². The summed E-state index contributed by atoms with van der Waals surface area (Å²) in [4.78, 5) is 24.9. The number of hydrogen-bond donors (Lipinski definition) is 2. The maximum absolute atomic E-state index is 12.6. The Morgan fingerprint density at radius 1 is 1.03 bits per heavy atom. The topological polar surface area (TPSA) is 89.8 Å². The summed E-state index contributed by atoms with van der Waals surface area (Å²) in [7, 11) is 1.57. The van der Waals surface area contributed by atoms with Gasteiger partial charge in [-0.25, -0.2) is 4.79 Å². The van der Waals surface area contributed by atoms with Gasteiger partial charge in [0.25, 0.3) is 5.91 Å². The number of amides is 1. The molecule has 7 nitrogen and oxygen atoms in total. The summed E-state index contributed by atoms with van der Waals surface area (Å²) < 4.78 is 15.7. The van der Waals surface area contributed by atoms with E-state index >= 15 is 0 Å². The normalized spacial score (nSPS) is 11.4. The third kappa shape index (κ3) is 5.38. The van der Waals surface area contributed by atoms with E-state index in [0.717, 1.165) is 5.76 Å². The van der Waals surface area contributed by atoms with E-state index in [-0.39, 0.29) is 0 Å². The summed E-state index contributed by atoms with van der Waals surface area (Å²) in [6.45, 7) is 1.94. The molecule has 3 rings (SSSR count). The number of hydrogen-bond acceptors (Lipinski definition) is 6. The number of carbonyl (C=O) groups is 2. The molecule has 0 fully saturated rings. The fraction of sp³-hybridized carbons (Fsp3) is 0.182. The molecule has 1 aromatic heterocycles. The number of para-hydroxylation sites is 1. The van der Waals surface area contributed by atoms with Crippen LogP contribution in [0.2, 0.25) is 0 Å². The van der Waals surface area contributed by atoms with Gasteiger partial charge in [-0.05, 0) is 55.5 Å².